The molecule has 2 N–H and O–H groups in total. The van der Waals surface area contributed by atoms with Crippen molar-refractivity contribution in [1.29, 1.82) is 0 Å². The van der Waals surface area contributed by atoms with E-state index in [1.165, 1.54) is 18.7 Å². The predicted octanol–water partition coefficient (Wildman–Crippen LogP) is 6.51. The molecule has 0 bridgehead atoms. The topological polar surface area (TPSA) is 113 Å². The molecule has 3 atom stereocenters. The number of imide groups is 1. The van der Waals surface area contributed by atoms with Crippen LogP contribution in [0.5, 0.6) is 0 Å². The van der Waals surface area contributed by atoms with Gasteiger partial charge in [-0.2, -0.15) is 11.8 Å². The standard InChI is InChI=1S/C8H15NO2.C7H11NO2.C6H13NOS.3CH4.3HI.V/c1-6(9-8(3)11)4-5-7(2)10;1-5-3-4-7(10)8(5)6(2)9;1-7-6(5-8)3-4-9-2;;;;;;;/h6H,4-5H2,1-3H3,(H,9,11);5H,3-4H2,1-2H3;5-7H,3-4H2,1-2H3;3*1H4;3*1H;/q;;;;;;;;;+3/p-3/t;;6-;;;;;;;/m..1......./s1. The van der Waals surface area contributed by atoms with Gasteiger partial charge in [0.05, 0.1) is 6.04 Å². The van der Waals surface area contributed by atoms with Gasteiger partial charge in [-0.05, 0) is 59.1 Å². The van der Waals surface area contributed by atoms with E-state index in [1.807, 2.05) is 20.1 Å². The Hall–Kier alpha value is 1.03. The first-order chi connectivity index (χ1) is 15.7. The van der Waals surface area contributed by atoms with Crippen molar-refractivity contribution in [3.63, 3.8) is 0 Å². The molecule has 3 amide bonds. The monoisotopic (exact) mass is 925 g/mol. The molecule has 0 aliphatic carbocycles. The van der Waals surface area contributed by atoms with Gasteiger partial charge in [-0.15, -0.1) is 0 Å². The average molecular weight is 925 g/mol. The number of aldehydes is 1. The van der Waals surface area contributed by atoms with Gasteiger partial charge in [-0.25, -0.2) is 0 Å². The molecule has 2 unspecified atom stereocenters. The van der Waals surface area contributed by atoms with Crippen molar-refractivity contribution < 1.29 is 28.9 Å². The van der Waals surface area contributed by atoms with Crippen LogP contribution in [-0.2, 0) is 28.9 Å². The molecule has 0 radical (unpaired) electrons. The van der Waals surface area contributed by atoms with Crippen molar-refractivity contribution in [1.82, 2.24) is 15.5 Å². The molecule has 0 spiro atoms. The van der Waals surface area contributed by atoms with Gasteiger partial charge in [0.25, 0.3) is 0 Å². The minimum absolute atomic E-state index is 0. The van der Waals surface area contributed by atoms with Gasteiger partial charge >= 0.3 is 64.9 Å². The van der Waals surface area contributed by atoms with E-state index in [9.17, 15) is 24.0 Å². The fourth-order valence-corrected chi connectivity index (χ4v) is 3.17. The fourth-order valence-electron chi connectivity index (χ4n) is 2.68. The number of nitrogens with one attached hydrogen (secondary N) is 2. The molecule has 1 aliphatic heterocycles. The van der Waals surface area contributed by atoms with E-state index in [0.29, 0.717) is 12.8 Å². The number of likely N-dealkylation sites (N-methyl/N-ethyl adjacent to an activating group) is 1. The number of thioether (sulfide) groups is 1. The summed E-state index contributed by atoms with van der Waals surface area (Å²) in [6, 6.07) is 0.277. The Morgan fingerprint density at radius 1 is 1.14 bits per heavy atom. The van der Waals surface area contributed by atoms with Crippen LogP contribution in [0.2, 0.25) is 0 Å². The van der Waals surface area contributed by atoms with E-state index in [2.05, 4.69) is 70.6 Å². The van der Waals surface area contributed by atoms with Crippen molar-refractivity contribution >= 4 is 101 Å². The number of hydrogen-bond donors (Lipinski definition) is 2. The van der Waals surface area contributed by atoms with Crippen LogP contribution in [0.3, 0.4) is 0 Å². The summed E-state index contributed by atoms with van der Waals surface area (Å²) >= 11 is 9.15. The van der Waals surface area contributed by atoms with Crippen LogP contribution in [0.25, 0.3) is 0 Å². The van der Waals surface area contributed by atoms with E-state index >= 15 is 0 Å². The molecule has 1 rings (SSSR count). The third kappa shape index (κ3) is 37.0. The zero-order chi connectivity index (χ0) is 27.3. The first kappa shape index (κ1) is 50.8. The number of likely N-dealkylation sites (tertiary alicyclic amines) is 1. The summed E-state index contributed by atoms with van der Waals surface area (Å²) in [5.74, 6) is 1.02. The van der Waals surface area contributed by atoms with E-state index in [4.69, 9.17) is 0 Å². The molecule has 37 heavy (non-hydrogen) atoms. The van der Waals surface area contributed by atoms with Crippen molar-refractivity contribution in [2.45, 2.75) is 107 Å². The molecule has 1 heterocycles. The SMILES string of the molecule is C.C.C.CC(=O)CCC(C)NC(C)=O.CC(=O)N1C(=O)CCC1C.CN[C@@H](C=O)CCSC.[I][V]([I])[I]. The first-order valence-corrected chi connectivity index (χ1v) is 25.6. The molecule has 0 aromatic carbocycles. The Balaban J connectivity index is -0.0000000877. The number of Topliss-reactive ketones (excluding diaryl/α,β-unsaturated/α-hetero) is 1. The van der Waals surface area contributed by atoms with E-state index in [0.717, 1.165) is 31.3 Å². The van der Waals surface area contributed by atoms with Crippen molar-refractivity contribution in [2.75, 3.05) is 19.1 Å². The van der Waals surface area contributed by atoms with Gasteiger partial charge in [-0.3, -0.25) is 19.3 Å². The van der Waals surface area contributed by atoms with Crippen LogP contribution < -0.4 is 10.6 Å². The number of rotatable bonds is 9. The Labute approximate surface area is 269 Å². The molecule has 224 valence electrons. The van der Waals surface area contributed by atoms with E-state index < -0.39 is 0 Å². The van der Waals surface area contributed by atoms with Crippen LogP contribution in [-0.4, -0.2) is 71.9 Å². The van der Waals surface area contributed by atoms with Crippen molar-refractivity contribution in [3.8, 4) is 0 Å². The van der Waals surface area contributed by atoms with Gasteiger partial charge < -0.3 is 20.2 Å². The minimum atomic E-state index is -0.278. The molecule has 8 nitrogen and oxygen atoms in total. The average Bonchev–Trinajstić information content (AvgIpc) is 3.05. The first-order valence-electron chi connectivity index (χ1n) is 10.7. The molecule has 1 fully saturated rings. The number of amides is 3. The zero-order valence-electron chi connectivity index (χ0n) is 21.0. The summed E-state index contributed by atoms with van der Waals surface area (Å²) < 4.78 is 0. The second-order valence-electron chi connectivity index (χ2n) is 7.52. The summed E-state index contributed by atoms with van der Waals surface area (Å²) in [5.41, 5.74) is 0. The molecule has 1 aliphatic rings. The molecule has 0 saturated carbocycles. The maximum absolute atomic E-state index is 10.9. The van der Waals surface area contributed by atoms with Gasteiger partial charge in [0.15, 0.2) is 0 Å². The van der Waals surface area contributed by atoms with Crippen molar-refractivity contribution in [2.24, 2.45) is 0 Å². The van der Waals surface area contributed by atoms with E-state index in [-0.39, 0.29) is 68.8 Å². The van der Waals surface area contributed by atoms with Crippen LogP contribution in [0.4, 0.5) is 0 Å². The summed E-state index contributed by atoms with van der Waals surface area (Å²) in [5, 5.41) is 5.61. The number of halogens is 3. The normalized spacial score (nSPS) is 14.7. The molecule has 0 aromatic heterocycles. The number of carbonyl (C=O) groups excluding carboxylic acids is 5. The van der Waals surface area contributed by atoms with Gasteiger partial charge in [0, 0.05) is 38.8 Å². The van der Waals surface area contributed by atoms with Crippen LogP contribution in [0, 0.1) is 0 Å². The second kappa shape index (κ2) is 33.2. The Bertz CT molecular complexity index is 617. The number of hydrogen-bond acceptors (Lipinski definition) is 7. The van der Waals surface area contributed by atoms with E-state index in [1.54, 1.807) is 25.7 Å². The summed E-state index contributed by atoms with van der Waals surface area (Å²) in [6.45, 7) is 8.25. The quantitative estimate of drug-likeness (QED) is 0.201. The molecular weight excluding hydrogens is 874 g/mol. The van der Waals surface area contributed by atoms with Gasteiger partial charge in [-0.1, -0.05) is 22.3 Å². The Morgan fingerprint density at radius 2 is 1.62 bits per heavy atom. The Kier molecular flexibility index (Phi) is 45.7. The third-order valence-electron chi connectivity index (χ3n) is 4.37. The van der Waals surface area contributed by atoms with Crippen LogP contribution >= 0.6 is 71.7 Å². The van der Waals surface area contributed by atoms with Gasteiger partial charge in [0.1, 0.15) is 12.1 Å². The molecule has 0 aromatic rings. The number of carbonyl (C=O) groups is 5. The predicted molar refractivity (Wildman–Crippen MR) is 184 cm³/mol. The summed E-state index contributed by atoms with van der Waals surface area (Å²) in [6.07, 6.45) is 6.55. The Morgan fingerprint density at radius 3 is 1.86 bits per heavy atom. The van der Waals surface area contributed by atoms with Crippen LogP contribution in [0.15, 0.2) is 0 Å². The number of ketones is 1. The summed E-state index contributed by atoms with van der Waals surface area (Å²) in [4.78, 5) is 54.0. The van der Waals surface area contributed by atoms with Crippen LogP contribution in [0.1, 0.15) is 89.0 Å². The molecule has 13 heteroatoms. The third-order valence-corrected chi connectivity index (χ3v) is 5.02. The zero-order valence-corrected chi connectivity index (χ0v) is 29.7. The van der Waals surface area contributed by atoms with Crippen molar-refractivity contribution in [3.05, 3.63) is 0 Å². The molecular formula is C24H51I3N3O5SV. The number of nitrogens with zero attached hydrogens (tertiary/aromatic N) is 1. The maximum atomic E-state index is 10.9. The second-order valence-corrected chi connectivity index (χ2v) is 43.9. The fraction of sp³-hybridized carbons (Fsp3) is 0.792. The summed E-state index contributed by atoms with van der Waals surface area (Å²) in [7, 11) is 1.80. The van der Waals surface area contributed by atoms with Gasteiger partial charge in [0.2, 0.25) is 17.7 Å². The molecule has 1 saturated heterocycles.